The summed E-state index contributed by atoms with van der Waals surface area (Å²) in [6.07, 6.45) is 3.59. The fraction of sp³-hybridized carbons (Fsp3) is 0.167. The van der Waals surface area contributed by atoms with Crippen LogP contribution in [0.3, 0.4) is 0 Å². The summed E-state index contributed by atoms with van der Waals surface area (Å²) >= 11 is 0. The third kappa shape index (κ3) is 2.68. The van der Waals surface area contributed by atoms with E-state index in [4.69, 9.17) is 5.26 Å². The van der Waals surface area contributed by atoms with Gasteiger partial charge in [0.2, 0.25) is 10.0 Å². The molecule has 1 aromatic rings. The lowest BCUT2D eigenvalue weighted by molar-refractivity contribution is 0.606. The molecule has 68 valence electrons. The van der Waals surface area contributed by atoms with E-state index < -0.39 is 10.0 Å². The topological polar surface area (TPSA) is 95.7 Å². The van der Waals surface area contributed by atoms with Crippen molar-refractivity contribution in [3.05, 3.63) is 18.1 Å². The second kappa shape index (κ2) is 3.37. The number of nitrogens with one attached hydrogen (secondary N) is 1. The number of nitriles is 1. The van der Waals surface area contributed by atoms with Gasteiger partial charge in [-0.25, -0.2) is 18.4 Å². The Bertz CT molecular complexity index is 448. The van der Waals surface area contributed by atoms with E-state index in [9.17, 15) is 8.42 Å². The van der Waals surface area contributed by atoms with E-state index in [1.165, 1.54) is 12.4 Å². The van der Waals surface area contributed by atoms with Crippen LogP contribution in [-0.4, -0.2) is 24.6 Å². The first kappa shape index (κ1) is 9.41. The van der Waals surface area contributed by atoms with Gasteiger partial charge in [-0.15, -0.1) is 0 Å². The van der Waals surface area contributed by atoms with Crippen molar-refractivity contribution in [2.75, 3.05) is 11.0 Å². The molecule has 0 saturated heterocycles. The van der Waals surface area contributed by atoms with Gasteiger partial charge < -0.3 is 0 Å². The molecule has 0 aliphatic carbocycles. The van der Waals surface area contributed by atoms with Gasteiger partial charge in [0.15, 0.2) is 11.5 Å². The molecule has 1 aromatic heterocycles. The van der Waals surface area contributed by atoms with E-state index in [1.807, 2.05) is 0 Å². The normalized spacial score (nSPS) is 10.5. The van der Waals surface area contributed by atoms with E-state index in [2.05, 4.69) is 14.7 Å². The molecular formula is C6H6N4O2S. The monoisotopic (exact) mass is 198 g/mol. The van der Waals surface area contributed by atoms with Crippen LogP contribution in [0.2, 0.25) is 0 Å². The molecule has 1 N–H and O–H groups in total. The highest BCUT2D eigenvalue weighted by Crippen LogP contribution is 2.07. The smallest absolute Gasteiger partial charge is 0.231 e. The average molecular weight is 198 g/mol. The van der Waals surface area contributed by atoms with E-state index in [1.54, 1.807) is 6.07 Å². The highest BCUT2D eigenvalue weighted by molar-refractivity contribution is 7.92. The SMILES string of the molecule is CS(=O)(=O)Nc1nccnc1C#N. The first-order chi connectivity index (χ1) is 6.03. The van der Waals surface area contributed by atoms with Gasteiger partial charge in [0, 0.05) is 12.4 Å². The number of nitrogens with zero attached hydrogens (tertiary/aromatic N) is 3. The van der Waals surface area contributed by atoms with E-state index >= 15 is 0 Å². The number of hydrogen-bond donors (Lipinski definition) is 1. The Morgan fingerprint density at radius 3 is 2.62 bits per heavy atom. The lowest BCUT2D eigenvalue weighted by Gasteiger charge is -2.01. The number of anilines is 1. The minimum Gasteiger partial charge on any atom is -0.265 e. The third-order valence-corrected chi connectivity index (χ3v) is 1.65. The molecule has 0 aliphatic heterocycles. The van der Waals surface area contributed by atoms with Crippen LogP contribution in [0.4, 0.5) is 5.82 Å². The zero-order valence-electron chi connectivity index (χ0n) is 6.72. The van der Waals surface area contributed by atoms with E-state index in [0.29, 0.717) is 0 Å². The second-order valence-corrected chi connectivity index (χ2v) is 3.99. The fourth-order valence-electron chi connectivity index (χ4n) is 0.670. The number of rotatable bonds is 2. The fourth-order valence-corrected chi connectivity index (χ4v) is 1.17. The van der Waals surface area contributed by atoms with Gasteiger partial charge >= 0.3 is 0 Å². The highest BCUT2D eigenvalue weighted by Gasteiger charge is 2.08. The Kier molecular flexibility index (Phi) is 2.44. The maximum absolute atomic E-state index is 10.8. The minimum absolute atomic E-state index is 0.0482. The molecule has 0 aliphatic rings. The lowest BCUT2D eigenvalue weighted by Crippen LogP contribution is -2.12. The largest absolute Gasteiger partial charge is 0.265 e. The van der Waals surface area contributed by atoms with E-state index in [-0.39, 0.29) is 11.5 Å². The van der Waals surface area contributed by atoms with Crippen molar-refractivity contribution >= 4 is 15.8 Å². The maximum Gasteiger partial charge on any atom is 0.231 e. The summed E-state index contributed by atoms with van der Waals surface area (Å²) in [5.41, 5.74) is -0.0482. The zero-order chi connectivity index (χ0) is 9.90. The van der Waals surface area contributed by atoms with Gasteiger partial charge in [0.05, 0.1) is 6.26 Å². The van der Waals surface area contributed by atoms with Crippen LogP contribution < -0.4 is 4.72 Å². The van der Waals surface area contributed by atoms with Crippen molar-refractivity contribution in [1.82, 2.24) is 9.97 Å². The van der Waals surface area contributed by atoms with Crippen molar-refractivity contribution in [3.63, 3.8) is 0 Å². The summed E-state index contributed by atoms with van der Waals surface area (Å²) in [5, 5.41) is 8.53. The Morgan fingerprint density at radius 1 is 1.46 bits per heavy atom. The molecule has 6 nitrogen and oxygen atoms in total. The number of aromatic nitrogens is 2. The van der Waals surface area contributed by atoms with Crippen molar-refractivity contribution in [2.24, 2.45) is 0 Å². The molecule has 0 fully saturated rings. The predicted octanol–water partition coefficient (Wildman–Crippen LogP) is -0.280. The lowest BCUT2D eigenvalue weighted by atomic mass is 10.4. The molecule has 0 saturated carbocycles. The zero-order valence-corrected chi connectivity index (χ0v) is 7.54. The Labute approximate surface area is 75.3 Å². The maximum atomic E-state index is 10.8. The first-order valence-corrected chi connectivity index (χ1v) is 5.11. The van der Waals surface area contributed by atoms with Crippen molar-refractivity contribution < 1.29 is 8.42 Å². The van der Waals surface area contributed by atoms with Gasteiger partial charge in [-0.2, -0.15) is 5.26 Å². The van der Waals surface area contributed by atoms with Crippen molar-refractivity contribution in [1.29, 1.82) is 5.26 Å². The molecule has 0 bridgehead atoms. The van der Waals surface area contributed by atoms with Crippen LogP contribution in [0, 0.1) is 11.3 Å². The second-order valence-electron chi connectivity index (χ2n) is 2.24. The minimum atomic E-state index is -3.41. The van der Waals surface area contributed by atoms with Gasteiger partial charge in [-0.05, 0) is 0 Å². The molecule has 0 radical (unpaired) electrons. The summed E-state index contributed by atoms with van der Waals surface area (Å²) < 4.78 is 23.6. The van der Waals surface area contributed by atoms with Gasteiger partial charge in [0.1, 0.15) is 6.07 Å². The summed E-state index contributed by atoms with van der Waals surface area (Å²) in [4.78, 5) is 7.29. The molecular weight excluding hydrogens is 192 g/mol. The van der Waals surface area contributed by atoms with Crippen LogP contribution in [0.5, 0.6) is 0 Å². The van der Waals surface area contributed by atoms with Crippen LogP contribution >= 0.6 is 0 Å². The predicted molar refractivity (Wildman–Crippen MR) is 45.2 cm³/mol. The molecule has 0 atom stereocenters. The summed E-state index contributed by atoms with van der Waals surface area (Å²) in [7, 11) is -3.41. The van der Waals surface area contributed by atoms with Gasteiger partial charge in [-0.1, -0.05) is 0 Å². The summed E-state index contributed by atoms with van der Waals surface area (Å²) in [6, 6.07) is 1.72. The Balaban J connectivity index is 3.10. The first-order valence-electron chi connectivity index (χ1n) is 3.22. The standard InChI is InChI=1S/C6H6N4O2S/c1-13(11,12)10-6-5(4-7)8-2-3-9-6/h2-3H,1H3,(H,9,10). The quantitative estimate of drug-likeness (QED) is 0.705. The van der Waals surface area contributed by atoms with E-state index in [0.717, 1.165) is 6.26 Å². The van der Waals surface area contributed by atoms with Crippen molar-refractivity contribution in [3.8, 4) is 6.07 Å². The third-order valence-electron chi connectivity index (χ3n) is 1.09. The van der Waals surface area contributed by atoms with Crippen LogP contribution in [0.15, 0.2) is 12.4 Å². The molecule has 0 aromatic carbocycles. The van der Waals surface area contributed by atoms with Crippen LogP contribution in [-0.2, 0) is 10.0 Å². The number of hydrogen-bond acceptors (Lipinski definition) is 5. The Hall–Kier alpha value is -1.68. The summed E-state index contributed by atoms with van der Waals surface area (Å²) in [6.45, 7) is 0. The highest BCUT2D eigenvalue weighted by atomic mass is 32.2. The van der Waals surface area contributed by atoms with Gasteiger partial charge in [0.25, 0.3) is 0 Å². The molecule has 13 heavy (non-hydrogen) atoms. The molecule has 0 amide bonds. The molecule has 1 heterocycles. The molecule has 0 spiro atoms. The molecule has 1 rings (SSSR count). The van der Waals surface area contributed by atoms with Crippen LogP contribution in [0.1, 0.15) is 5.69 Å². The summed E-state index contributed by atoms with van der Waals surface area (Å²) in [5.74, 6) is -0.0486. The Morgan fingerprint density at radius 2 is 2.08 bits per heavy atom. The van der Waals surface area contributed by atoms with Crippen molar-refractivity contribution in [2.45, 2.75) is 0 Å². The number of sulfonamides is 1. The molecule has 7 heteroatoms. The van der Waals surface area contributed by atoms with Gasteiger partial charge in [-0.3, -0.25) is 4.72 Å². The average Bonchev–Trinajstić information content (AvgIpc) is 2.02. The van der Waals surface area contributed by atoms with Crippen LogP contribution in [0.25, 0.3) is 0 Å². The molecule has 0 unspecified atom stereocenters.